The van der Waals surface area contributed by atoms with Gasteiger partial charge in [0.2, 0.25) is 0 Å². The Labute approximate surface area is 98.5 Å². The average molecular weight is 221 g/mol. The Bertz CT molecular complexity index is 348. The smallest absolute Gasteiger partial charge is 0.0949 e. The first-order valence-corrected chi connectivity index (χ1v) is 6.18. The van der Waals surface area contributed by atoms with Crippen LogP contribution < -0.4 is 0 Å². The Morgan fingerprint density at radius 3 is 2.69 bits per heavy atom. The molecule has 1 aromatic rings. The molecule has 2 heterocycles. The molecule has 0 radical (unpaired) electrons. The van der Waals surface area contributed by atoms with Crippen LogP contribution in [0.2, 0.25) is 0 Å². The highest BCUT2D eigenvalue weighted by Gasteiger charge is 2.30. The minimum atomic E-state index is 0.319. The van der Waals surface area contributed by atoms with Gasteiger partial charge in [0.25, 0.3) is 0 Å². The highest BCUT2D eigenvalue weighted by molar-refractivity contribution is 4.93. The molecule has 3 nitrogen and oxygen atoms in total. The zero-order valence-corrected chi connectivity index (χ0v) is 10.9. The second-order valence-corrected chi connectivity index (χ2v) is 5.98. The maximum absolute atomic E-state index is 4.28. The van der Waals surface area contributed by atoms with E-state index >= 15 is 0 Å². The molecule has 0 amide bonds. The van der Waals surface area contributed by atoms with E-state index in [4.69, 9.17) is 0 Å². The van der Waals surface area contributed by atoms with Gasteiger partial charge in [0.1, 0.15) is 0 Å². The number of aromatic nitrogens is 2. The van der Waals surface area contributed by atoms with Crippen molar-refractivity contribution in [2.24, 2.45) is 5.92 Å². The van der Waals surface area contributed by atoms with Crippen LogP contribution in [0.3, 0.4) is 0 Å². The lowest BCUT2D eigenvalue weighted by atomic mass is 10.1. The number of aryl methyl sites for hydroxylation is 1. The molecule has 16 heavy (non-hydrogen) atoms. The van der Waals surface area contributed by atoms with Gasteiger partial charge in [-0.2, -0.15) is 0 Å². The second-order valence-electron chi connectivity index (χ2n) is 5.98. The summed E-state index contributed by atoms with van der Waals surface area (Å²) in [6.07, 6.45) is 5.41. The SMILES string of the molecule is Cc1cn(CC2CCN(C(C)(C)C)C2)cn1. The standard InChI is InChI=1S/C13H23N3/c1-11-7-15(10-14-11)8-12-5-6-16(9-12)13(2,3)4/h7,10,12H,5-6,8-9H2,1-4H3. The van der Waals surface area contributed by atoms with E-state index in [0.717, 1.165) is 18.2 Å². The van der Waals surface area contributed by atoms with Crippen molar-refractivity contribution in [2.45, 2.75) is 46.2 Å². The Kier molecular flexibility index (Phi) is 3.06. The maximum Gasteiger partial charge on any atom is 0.0949 e. The van der Waals surface area contributed by atoms with Gasteiger partial charge in [-0.1, -0.05) is 0 Å². The minimum Gasteiger partial charge on any atom is -0.337 e. The van der Waals surface area contributed by atoms with E-state index in [-0.39, 0.29) is 0 Å². The number of imidazole rings is 1. The van der Waals surface area contributed by atoms with Crippen molar-refractivity contribution in [2.75, 3.05) is 13.1 Å². The lowest BCUT2D eigenvalue weighted by Gasteiger charge is -2.31. The van der Waals surface area contributed by atoms with E-state index in [0.29, 0.717) is 5.54 Å². The van der Waals surface area contributed by atoms with Gasteiger partial charge >= 0.3 is 0 Å². The minimum absolute atomic E-state index is 0.319. The van der Waals surface area contributed by atoms with Crippen molar-refractivity contribution in [1.82, 2.24) is 14.5 Å². The molecule has 0 aromatic carbocycles. The highest BCUT2D eigenvalue weighted by atomic mass is 15.2. The lowest BCUT2D eigenvalue weighted by Crippen LogP contribution is -2.39. The molecule has 0 N–H and O–H groups in total. The largest absolute Gasteiger partial charge is 0.337 e. The van der Waals surface area contributed by atoms with Crippen LogP contribution in [0, 0.1) is 12.8 Å². The topological polar surface area (TPSA) is 21.1 Å². The summed E-state index contributed by atoms with van der Waals surface area (Å²) in [4.78, 5) is 6.86. The van der Waals surface area contributed by atoms with Crippen molar-refractivity contribution in [3.05, 3.63) is 18.2 Å². The molecule has 3 heteroatoms. The molecular formula is C13H23N3. The van der Waals surface area contributed by atoms with Crippen LogP contribution in [0.4, 0.5) is 0 Å². The Morgan fingerprint density at radius 2 is 2.19 bits per heavy atom. The Balaban J connectivity index is 1.90. The van der Waals surface area contributed by atoms with Gasteiger partial charge in [-0.25, -0.2) is 4.98 Å². The molecule has 1 saturated heterocycles. The number of rotatable bonds is 2. The summed E-state index contributed by atoms with van der Waals surface area (Å²) in [5, 5.41) is 0. The molecular weight excluding hydrogens is 198 g/mol. The van der Waals surface area contributed by atoms with Crippen LogP contribution >= 0.6 is 0 Å². The summed E-state index contributed by atoms with van der Waals surface area (Å²) in [5.41, 5.74) is 1.44. The Hall–Kier alpha value is -0.830. The summed E-state index contributed by atoms with van der Waals surface area (Å²) >= 11 is 0. The summed E-state index contributed by atoms with van der Waals surface area (Å²) in [5.74, 6) is 0.785. The number of hydrogen-bond donors (Lipinski definition) is 0. The van der Waals surface area contributed by atoms with E-state index in [1.807, 2.05) is 13.3 Å². The quantitative estimate of drug-likeness (QED) is 0.764. The van der Waals surface area contributed by atoms with Crippen LogP contribution in [-0.2, 0) is 6.54 Å². The number of hydrogen-bond acceptors (Lipinski definition) is 2. The van der Waals surface area contributed by atoms with Crippen molar-refractivity contribution in [1.29, 1.82) is 0 Å². The summed E-state index contributed by atoms with van der Waals surface area (Å²) in [6, 6.07) is 0. The van der Waals surface area contributed by atoms with E-state index in [2.05, 4.69) is 41.4 Å². The first kappa shape index (κ1) is 11.6. The van der Waals surface area contributed by atoms with E-state index in [1.54, 1.807) is 0 Å². The lowest BCUT2D eigenvalue weighted by molar-refractivity contribution is 0.166. The molecule has 0 aliphatic carbocycles. The number of likely N-dealkylation sites (tertiary alicyclic amines) is 1. The van der Waals surface area contributed by atoms with Gasteiger partial charge in [0, 0.05) is 24.8 Å². The summed E-state index contributed by atoms with van der Waals surface area (Å²) < 4.78 is 2.23. The molecule has 2 rings (SSSR count). The fourth-order valence-electron chi connectivity index (χ4n) is 2.46. The molecule has 1 atom stereocenters. The van der Waals surface area contributed by atoms with E-state index in [9.17, 15) is 0 Å². The summed E-state index contributed by atoms with van der Waals surface area (Å²) in [6.45, 7) is 12.5. The van der Waals surface area contributed by atoms with Crippen molar-refractivity contribution < 1.29 is 0 Å². The molecule has 0 saturated carbocycles. The summed E-state index contributed by atoms with van der Waals surface area (Å²) in [7, 11) is 0. The predicted octanol–water partition coefficient (Wildman–Crippen LogP) is 2.31. The second kappa shape index (κ2) is 4.21. The third-order valence-electron chi connectivity index (χ3n) is 3.47. The monoisotopic (exact) mass is 221 g/mol. The first-order valence-electron chi connectivity index (χ1n) is 6.18. The van der Waals surface area contributed by atoms with Crippen molar-refractivity contribution in [3.8, 4) is 0 Å². The molecule has 1 fully saturated rings. The van der Waals surface area contributed by atoms with Gasteiger partial charge in [-0.3, -0.25) is 4.90 Å². The van der Waals surface area contributed by atoms with Crippen LogP contribution in [0.5, 0.6) is 0 Å². The fraction of sp³-hybridized carbons (Fsp3) is 0.769. The molecule has 0 spiro atoms. The molecule has 0 bridgehead atoms. The van der Waals surface area contributed by atoms with Crippen molar-refractivity contribution in [3.63, 3.8) is 0 Å². The third-order valence-corrected chi connectivity index (χ3v) is 3.47. The number of nitrogens with zero attached hydrogens (tertiary/aromatic N) is 3. The zero-order chi connectivity index (χ0) is 11.8. The highest BCUT2D eigenvalue weighted by Crippen LogP contribution is 2.25. The predicted molar refractivity (Wildman–Crippen MR) is 66.4 cm³/mol. The molecule has 1 aliphatic rings. The van der Waals surface area contributed by atoms with Gasteiger partial charge in [-0.15, -0.1) is 0 Å². The molecule has 90 valence electrons. The van der Waals surface area contributed by atoms with Crippen LogP contribution in [0.15, 0.2) is 12.5 Å². The normalized spacial score (nSPS) is 22.9. The van der Waals surface area contributed by atoms with Gasteiger partial charge in [0.15, 0.2) is 0 Å². The van der Waals surface area contributed by atoms with Gasteiger partial charge < -0.3 is 4.57 Å². The molecule has 1 aromatic heterocycles. The Morgan fingerprint density at radius 1 is 1.44 bits per heavy atom. The van der Waals surface area contributed by atoms with Gasteiger partial charge in [-0.05, 0) is 46.6 Å². The van der Waals surface area contributed by atoms with Crippen LogP contribution in [-0.4, -0.2) is 33.1 Å². The van der Waals surface area contributed by atoms with Crippen LogP contribution in [0.25, 0.3) is 0 Å². The van der Waals surface area contributed by atoms with E-state index in [1.165, 1.54) is 19.5 Å². The van der Waals surface area contributed by atoms with Gasteiger partial charge in [0.05, 0.1) is 12.0 Å². The third kappa shape index (κ3) is 2.64. The average Bonchev–Trinajstić information content (AvgIpc) is 2.74. The maximum atomic E-state index is 4.28. The fourth-order valence-corrected chi connectivity index (χ4v) is 2.46. The molecule has 1 aliphatic heterocycles. The first-order chi connectivity index (χ1) is 7.45. The zero-order valence-electron chi connectivity index (χ0n) is 10.9. The van der Waals surface area contributed by atoms with Crippen molar-refractivity contribution >= 4 is 0 Å². The molecule has 1 unspecified atom stereocenters. The van der Waals surface area contributed by atoms with Crippen LogP contribution in [0.1, 0.15) is 32.9 Å². The van der Waals surface area contributed by atoms with E-state index < -0.39 is 0 Å².